The van der Waals surface area contributed by atoms with Crippen LogP contribution < -0.4 is 0 Å². The van der Waals surface area contributed by atoms with Crippen LogP contribution in [0, 0.1) is 18.6 Å². The topological polar surface area (TPSA) is 67.9 Å². The molecule has 0 atom stereocenters. The zero-order chi connectivity index (χ0) is 22.1. The van der Waals surface area contributed by atoms with Crippen molar-refractivity contribution in [3.05, 3.63) is 59.0 Å². The number of benzene rings is 1. The van der Waals surface area contributed by atoms with Crippen molar-refractivity contribution < 1.29 is 27.5 Å². The van der Waals surface area contributed by atoms with Gasteiger partial charge in [-0.15, -0.1) is 0 Å². The first kappa shape index (κ1) is 20.9. The van der Waals surface area contributed by atoms with E-state index in [2.05, 4.69) is 0 Å². The van der Waals surface area contributed by atoms with Crippen molar-refractivity contribution in [2.75, 3.05) is 32.8 Å². The largest absolute Gasteiger partial charge is 0.460 e. The van der Waals surface area contributed by atoms with Crippen LogP contribution in [0.2, 0.25) is 0 Å². The van der Waals surface area contributed by atoms with E-state index in [0.717, 1.165) is 12.1 Å². The number of aromatic nitrogens is 1. The molecule has 0 bridgehead atoms. The first-order chi connectivity index (χ1) is 14.9. The SMILES string of the molecule is CCOC(=O)N1CCN(C(=O)c2cc3oc(C)cc3n2Cc2ccc(F)c(F)c2)CC1. The molecule has 2 amide bonds. The van der Waals surface area contributed by atoms with E-state index in [4.69, 9.17) is 9.15 Å². The van der Waals surface area contributed by atoms with E-state index in [0.29, 0.717) is 60.9 Å². The molecule has 1 fully saturated rings. The Balaban J connectivity index is 1.59. The fourth-order valence-corrected chi connectivity index (χ4v) is 3.80. The molecule has 4 rings (SSSR count). The molecule has 0 aliphatic carbocycles. The highest BCUT2D eigenvalue weighted by Crippen LogP contribution is 2.26. The van der Waals surface area contributed by atoms with Gasteiger partial charge in [-0.1, -0.05) is 6.07 Å². The highest BCUT2D eigenvalue weighted by molar-refractivity contribution is 5.98. The molecule has 1 aliphatic rings. The summed E-state index contributed by atoms with van der Waals surface area (Å²) in [5, 5.41) is 0. The van der Waals surface area contributed by atoms with E-state index in [-0.39, 0.29) is 18.5 Å². The number of carbonyl (C=O) groups is 2. The van der Waals surface area contributed by atoms with Crippen LogP contribution in [-0.4, -0.2) is 59.2 Å². The number of amides is 2. The van der Waals surface area contributed by atoms with Crippen molar-refractivity contribution in [1.29, 1.82) is 0 Å². The van der Waals surface area contributed by atoms with Gasteiger partial charge >= 0.3 is 6.09 Å². The van der Waals surface area contributed by atoms with Gasteiger partial charge in [0.25, 0.3) is 5.91 Å². The zero-order valence-electron chi connectivity index (χ0n) is 17.4. The first-order valence-corrected chi connectivity index (χ1v) is 10.1. The number of furan rings is 1. The minimum absolute atomic E-state index is 0.184. The Hall–Kier alpha value is -3.36. The zero-order valence-corrected chi connectivity index (χ0v) is 17.4. The summed E-state index contributed by atoms with van der Waals surface area (Å²) in [4.78, 5) is 28.4. The van der Waals surface area contributed by atoms with E-state index in [1.54, 1.807) is 34.3 Å². The first-order valence-electron chi connectivity index (χ1n) is 10.1. The lowest BCUT2D eigenvalue weighted by Gasteiger charge is -2.34. The molecule has 0 N–H and O–H groups in total. The maximum atomic E-state index is 13.7. The summed E-state index contributed by atoms with van der Waals surface area (Å²) in [6.45, 7) is 5.53. The maximum absolute atomic E-state index is 13.7. The minimum Gasteiger partial charge on any atom is -0.460 e. The molecular weight excluding hydrogens is 408 g/mol. The number of fused-ring (bicyclic) bond motifs is 1. The number of piperazine rings is 1. The number of rotatable bonds is 4. The molecule has 0 radical (unpaired) electrons. The molecule has 2 aromatic heterocycles. The van der Waals surface area contributed by atoms with Gasteiger partial charge in [0.05, 0.1) is 12.1 Å². The Labute approximate surface area is 177 Å². The van der Waals surface area contributed by atoms with Crippen molar-refractivity contribution in [3.63, 3.8) is 0 Å². The summed E-state index contributed by atoms with van der Waals surface area (Å²) in [7, 11) is 0. The number of halogens is 2. The fraction of sp³-hybridized carbons (Fsp3) is 0.364. The van der Waals surface area contributed by atoms with Crippen LogP contribution in [0.5, 0.6) is 0 Å². The number of hydrogen-bond donors (Lipinski definition) is 0. The van der Waals surface area contributed by atoms with Gasteiger partial charge in [0, 0.05) is 44.9 Å². The predicted molar refractivity (Wildman–Crippen MR) is 109 cm³/mol. The second-order valence-corrected chi connectivity index (χ2v) is 7.45. The molecule has 9 heteroatoms. The molecule has 164 valence electrons. The van der Waals surface area contributed by atoms with Crippen LogP contribution in [0.3, 0.4) is 0 Å². The number of aryl methyl sites for hydroxylation is 1. The summed E-state index contributed by atoms with van der Waals surface area (Å²) in [6.07, 6.45) is -0.385. The number of carbonyl (C=O) groups excluding carboxylic acids is 2. The van der Waals surface area contributed by atoms with E-state index in [1.807, 2.05) is 6.07 Å². The van der Waals surface area contributed by atoms with Crippen LogP contribution in [0.15, 0.2) is 34.7 Å². The van der Waals surface area contributed by atoms with Gasteiger partial charge in [0.15, 0.2) is 17.2 Å². The van der Waals surface area contributed by atoms with E-state index in [1.165, 1.54) is 6.07 Å². The van der Waals surface area contributed by atoms with Crippen molar-refractivity contribution in [3.8, 4) is 0 Å². The van der Waals surface area contributed by atoms with Gasteiger partial charge in [-0.2, -0.15) is 0 Å². The molecule has 0 unspecified atom stereocenters. The predicted octanol–water partition coefficient (Wildman–Crippen LogP) is 3.78. The number of nitrogens with zero attached hydrogens (tertiary/aromatic N) is 3. The lowest BCUT2D eigenvalue weighted by atomic mass is 10.2. The molecule has 7 nitrogen and oxygen atoms in total. The monoisotopic (exact) mass is 431 g/mol. The van der Waals surface area contributed by atoms with Crippen molar-refractivity contribution in [1.82, 2.24) is 14.4 Å². The highest BCUT2D eigenvalue weighted by Gasteiger charge is 2.28. The van der Waals surface area contributed by atoms with Gasteiger partial charge in [0.1, 0.15) is 11.5 Å². The van der Waals surface area contributed by atoms with E-state index < -0.39 is 11.6 Å². The van der Waals surface area contributed by atoms with Gasteiger partial charge in [-0.05, 0) is 31.5 Å². The van der Waals surface area contributed by atoms with Crippen LogP contribution in [-0.2, 0) is 11.3 Å². The van der Waals surface area contributed by atoms with Gasteiger partial charge < -0.3 is 23.5 Å². The molecule has 1 aromatic carbocycles. The van der Waals surface area contributed by atoms with Crippen LogP contribution in [0.4, 0.5) is 13.6 Å². The van der Waals surface area contributed by atoms with E-state index in [9.17, 15) is 18.4 Å². The lowest BCUT2D eigenvalue weighted by Crippen LogP contribution is -2.51. The van der Waals surface area contributed by atoms with Crippen molar-refractivity contribution in [2.45, 2.75) is 20.4 Å². The Morgan fingerprint density at radius 3 is 2.42 bits per heavy atom. The Morgan fingerprint density at radius 1 is 1.03 bits per heavy atom. The summed E-state index contributed by atoms with van der Waals surface area (Å²) in [5.41, 5.74) is 2.17. The van der Waals surface area contributed by atoms with Crippen molar-refractivity contribution >= 4 is 23.1 Å². The normalized spacial score (nSPS) is 14.3. The Bertz CT molecular complexity index is 1130. The average molecular weight is 431 g/mol. The molecular formula is C22H23F2N3O4. The Kier molecular flexibility index (Phi) is 5.67. The van der Waals surface area contributed by atoms with Crippen LogP contribution in [0.1, 0.15) is 28.7 Å². The summed E-state index contributed by atoms with van der Waals surface area (Å²) < 4.78 is 39.5. The second kappa shape index (κ2) is 8.41. The molecule has 31 heavy (non-hydrogen) atoms. The smallest absolute Gasteiger partial charge is 0.409 e. The van der Waals surface area contributed by atoms with Crippen LogP contribution >= 0.6 is 0 Å². The molecule has 1 aliphatic heterocycles. The maximum Gasteiger partial charge on any atom is 0.409 e. The quantitative estimate of drug-likeness (QED) is 0.631. The minimum atomic E-state index is -0.938. The lowest BCUT2D eigenvalue weighted by molar-refractivity contribution is 0.0563. The summed E-state index contributed by atoms with van der Waals surface area (Å²) in [6, 6.07) is 7.17. The third kappa shape index (κ3) is 4.12. The standard InChI is InChI=1S/C22H23F2N3O4/c1-3-30-22(29)26-8-6-25(7-9-26)21(28)19-12-20-18(10-14(2)31-20)27(19)13-15-4-5-16(23)17(24)11-15/h4-5,10-12H,3,6-9,13H2,1-2H3. The Morgan fingerprint density at radius 2 is 1.74 bits per heavy atom. The third-order valence-electron chi connectivity index (χ3n) is 5.35. The molecule has 3 heterocycles. The molecule has 0 spiro atoms. The number of hydrogen-bond acceptors (Lipinski definition) is 4. The second-order valence-electron chi connectivity index (χ2n) is 7.45. The van der Waals surface area contributed by atoms with Gasteiger partial charge in [-0.25, -0.2) is 13.6 Å². The van der Waals surface area contributed by atoms with Crippen molar-refractivity contribution in [2.24, 2.45) is 0 Å². The summed E-state index contributed by atoms with van der Waals surface area (Å²) >= 11 is 0. The molecule has 3 aromatic rings. The third-order valence-corrected chi connectivity index (χ3v) is 5.35. The van der Waals surface area contributed by atoms with E-state index >= 15 is 0 Å². The molecule has 1 saturated heterocycles. The van der Waals surface area contributed by atoms with Gasteiger partial charge in [-0.3, -0.25) is 4.79 Å². The van der Waals surface area contributed by atoms with Crippen LogP contribution in [0.25, 0.3) is 11.1 Å². The van der Waals surface area contributed by atoms with Gasteiger partial charge in [0.2, 0.25) is 0 Å². The highest BCUT2D eigenvalue weighted by atomic mass is 19.2. The fourth-order valence-electron chi connectivity index (χ4n) is 3.80. The number of ether oxygens (including phenoxy) is 1. The molecule has 0 saturated carbocycles. The average Bonchev–Trinajstić information content (AvgIpc) is 3.27. The summed E-state index contributed by atoms with van der Waals surface area (Å²) in [5.74, 6) is -1.38.